The first kappa shape index (κ1) is 23.1. The minimum absolute atomic E-state index is 0.000465. The first-order valence-corrected chi connectivity index (χ1v) is 11.6. The minimum Gasteiger partial charge on any atom is -0.494 e. The zero-order valence-corrected chi connectivity index (χ0v) is 19.6. The van der Waals surface area contributed by atoms with Crippen molar-refractivity contribution >= 4 is 40.5 Å². The molecule has 11 nitrogen and oxygen atoms in total. The number of carbonyl (C=O) groups is 4. The van der Waals surface area contributed by atoms with Crippen LogP contribution in [0.2, 0.25) is 0 Å². The molecule has 2 atom stereocenters. The van der Waals surface area contributed by atoms with E-state index in [1.165, 1.54) is 29.0 Å². The van der Waals surface area contributed by atoms with Gasteiger partial charge in [-0.15, -0.1) is 0 Å². The number of methoxy groups -OCH3 is 1. The van der Waals surface area contributed by atoms with Gasteiger partial charge in [-0.1, -0.05) is 6.07 Å². The van der Waals surface area contributed by atoms with E-state index in [4.69, 9.17) is 9.15 Å². The lowest BCUT2D eigenvalue weighted by atomic mass is 9.82. The maximum Gasteiger partial charge on any atom is 0.257 e. The van der Waals surface area contributed by atoms with E-state index >= 15 is 0 Å². The second kappa shape index (κ2) is 8.10. The van der Waals surface area contributed by atoms with Crippen LogP contribution in [0.3, 0.4) is 0 Å². The number of hydrogen-bond acceptors (Lipinski definition) is 8. The number of imide groups is 1. The lowest BCUT2D eigenvalue weighted by molar-refractivity contribution is -0.127. The number of nitrogens with one attached hydrogen (secondary N) is 1. The molecular weight excluding hydrogens is 487 g/mol. The summed E-state index contributed by atoms with van der Waals surface area (Å²) in [6.07, 6.45) is -1.06. The predicted octanol–water partition coefficient (Wildman–Crippen LogP) is 1.01. The lowest BCUT2D eigenvalue weighted by Gasteiger charge is -2.28. The van der Waals surface area contributed by atoms with Crippen molar-refractivity contribution in [3.05, 3.63) is 53.0 Å². The molecule has 6 rings (SSSR count). The largest absolute Gasteiger partial charge is 0.494 e. The Hall–Kier alpha value is -4.32. The molecule has 3 aromatic rings. The zero-order chi connectivity index (χ0) is 26.1. The molecule has 2 saturated heterocycles. The predicted molar refractivity (Wildman–Crippen MR) is 124 cm³/mol. The first-order valence-electron chi connectivity index (χ1n) is 11.6. The molecule has 2 fully saturated rings. The van der Waals surface area contributed by atoms with Gasteiger partial charge in [-0.25, -0.2) is 9.37 Å². The lowest BCUT2D eigenvalue weighted by Crippen LogP contribution is -2.46. The van der Waals surface area contributed by atoms with Crippen molar-refractivity contribution < 1.29 is 37.8 Å². The van der Waals surface area contributed by atoms with Gasteiger partial charge in [0.25, 0.3) is 5.91 Å². The summed E-state index contributed by atoms with van der Waals surface area (Å²) in [6.45, 7) is -0.0779. The summed E-state index contributed by atoms with van der Waals surface area (Å²) in [6, 6.07) is 7.67. The van der Waals surface area contributed by atoms with Gasteiger partial charge >= 0.3 is 0 Å². The second-order valence-electron chi connectivity index (χ2n) is 9.44. The van der Waals surface area contributed by atoms with E-state index in [0.717, 1.165) is 0 Å². The summed E-state index contributed by atoms with van der Waals surface area (Å²) in [5.74, 6) is -2.49. The molecule has 3 aliphatic rings. The molecule has 0 bridgehead atoms. The number of rotatable bonds is 5. The summed E-state index contributed by atoms with van der Waals surface area (Å²) in [5.41, 5.74) is -0.607. The normalized spacial score (nSPS) is 23.4. The van der Waals surface area contributed by atoms with E-state index in [2.05, 4.69) is 10.3 Å². The average Bonchev–Trinajstić information content (AvgIpc) is 3.59. The number of amides is 4. The molecule has 3 aliphatic heterocycles. The quantitative estimate of drug-likeness (QED) is 0.487. The van der Waals surface area contributed by atoms with Gasteiger partial charge in [-0.3, -0.25) is 29.4 Å². The molecule has 0 spiro atoms. The van der Waals surface area contributed by atoms with E-state index in [1.54, 1.807) is 18.2 Å². The maximum atomic E-state index is 14.8. The third-order valence-corrected chi connectivity index (χ3v) is 7.10. The highest BCUT2D eigenvalue weighted by Gasteiger charge is 2.53. The molecule has 4 amide bonds. The third kappa shape index (κ3) is 3.47. The summed E-state index contributed by atoms with van der Waals surface area (Å²) in [4.78, 5) is 58.0. The Bertz CT molecular complexity index is 1520. The number of furan rings is 1. The first-order chi connectivity index (χ1) is 17.7. The van der Waals surface area contributed by atoms with Crippen LogP contribution in [0.15, 0.2) is 34.7 Å². The molecule has 0 aliphatic carbocycles. The van der Waals surface area contributed by atoms with Crippen molar-refractivity contribution in [1.29, 1.82) is 0 Å². The topological polar surface area (TPSA) is 142 Å². The number of halogens is 1. The van der Waals surface area contributed by atoms with E-state index in [1.807, 2.05) is 0 Å². The van der Waals surface area contributed by atoms with Gasteiger partial charge < -0.3 is 19.2 Å². The Balaban J connectivity index is 1.37. The molecule has 5 heterocycles. The zero-order valence-electron chi connectivity index (χ0n) is 19.6. The van der Waals surface area contributed by atoms with Crippen molar-refractivity contribution in [1.82, 2.24) is 15.2 Å². The van der Waals surface area contributed by atoms with Crippen LogP contribution in [0.25, 0.3) is 11.1 Å². The number of aliphatic hydroxyl groups excluding tert-OH is 1. The van der Waals surface area contributed by atoms with Gasteiger partial charge in [0.1, 0.15) is 22.5 Å². The van der Waals surface area contributed by atoms with Gasteiger partial charge in [0, 0.05) is 19.2 Å². The Morgan fingerprint density at radius 2 is 2.05 bits per heavy atom. The van der Waals surface area contributed by atoms with Gasteiger partial charge in [0.05, 0.1) is 38.2 Å². The molecule has 12 heteroatoms. The fourth-order valence-corrected chi connectivity index (χ4v) is 5.27. The van der Waals surface area contributed by atoms with E-state index in [9.17, 15) is 28.7 Å². The van der Waals surface area contributed by atoms with Crippen LogP contribution in [0.4, 0.5) is 10.2 Å². The maximum absolute atomic E-state index is 14.8. The minimum atomic E-state index is -1.56. The van der Waals surface area contributed by atoms with Gasteiger partial charge in [0.2, 0.25) is 17.7 Å². The van der Waals surface area contributed by atoms with Gasteiger partial charge in [-0.2, -0.15) is 0 Å². The fraction of sp³-hybridized carbons (Fsp3) is 0.320. The molecule has 1 aromatic carbocycles. The number of benzene rings is 1. The molecule has 190 valence electrons. The van der Waals surface area contributed by atoms with Crippen LogP contribution >= 0.6 is 0 Å². The number of anilines is 1. The number of aliphatic hydroxyl groups is 1. The molecule has 2 aromatic heterocycles. The number of carbonyl (C=O) groups excluding carboxylic acids is 4. The number of fused-ring (bicyclic) bond motifs is 2. The van der Waals surface area contributed by atoms with Crippen LogP contribution in [0.1, 0.15) is 34.5 Å². The molecular formula is C25H21FN4O7. The van der Waals surface area contributed by atoms with Crippen molar-refractivity contribution in [3.8, 4) is 5.75 Å². The van der Waals surface area contributed by atoms with Gasteiger partial charge in [0.15, 0.2) is 17.1 Å². The van der Waals surface area contributed by atoms with Crippen molar-refractivity contribution in [2.75, 3.05) is 25.1 Å². The monoisotopic (exact) mass is 508 g/mol. The fourth-order valence-electron chi connectivity index (χ4n) is 5.27. The molecule has 2 N–H and O–H groups in total. The van der Waals surface area contributed by atoms with Crippen molar-refractivity contribution in [2.45, 2.75) is 30.9 Å². The standard InChI is InChI=1S/C25H21FN4O7/c1-36-16-3-2-12-9-29(23(34)21(12)22(16)26)11-25(8-19(32)28-24(25)35)17-7-14-15(37-17)4-5-18(27-14)30-10-13(31)6-20(30)33/h2-5,7,13,31H,6,8-11H2,1H3,(H,28,32,35)/t13-,25-/m1/s1. The van der Waals surface area contributed by atoms with Crippen LogP contribution in [-0.2, 0) is 26.3 Å². The highest BCUT2D eigenvalue weighted by Crippen LogP contribution is 2.40. The average molecular weight is 508 g/mol. The van der Waals surface area contributed by atoms with Gasteiger partial charge in [-0.05, 0) is 23.8 Å². The highest BCUT2D eigenvalue weighted by atomic mass is 19.1. The number of hydrogen-bond donors (Lipinski definition) is 2. The Morgan fingerprint density at radius 1 is 1.24 bits per heavy atom. The molecule has 0 unspecified atom stereocenters. The number of ether oxygens (including phenoxy) is 1. The second-order valence-corrected chi connectivity index (χ2v) is 9.44. The van der Waals surface area contributed by atoms with Crippen LogP contribution in [0.5, 0.6) is 5.75 Å². The number of nitrogens with zero attached hydrogens (tertiary/aromatic N) is 3. The van der Waals surface area contributed by atoms with Crippen LogP contribution in [-0.4, -0.2) is 64.9 Å². The number of aromatic nitrogens is 1. The van der Waals surface area contributed by atoms with E-state index in [0.29, 0.717) is 22.5 Å². The smallest absolute Gasteiger partial charge is 0.257 e. The summed E-state index contributed by atoms with van der Waals surface area (Å²) in [7, 11) is 1.30. The van der Waals surface area contributed by atoms with E-state index in [-0.39, 0.29) is 55.5 Å². The summed E-state index contributed by atoms with van der Waals surface area (Å²) < 4.78 is 25.8. The summed E-state index contributed by atoms with van der Waals surface area (Å²) >= 11 is 0. The molecule has 0 radical (unpaired) electrons. The SMILES string of the molecule is COc1ccc2c(c1F)C(=O)N(C[C@@]1(c3cc4nc(N5C[C@H](O)CC5=O)ccc4o3)CC(=O)NC1=O)C2. The Labute approximate surface area is 208 Å². The third-order valence-electron chi connectivity index (χ3n) is 7.10. The highest BCUT2D eigenvalue weighted by molar-refractivity contribution is 6.10. The number of β-amino-alcohol motifs (C(OH)–C–C–N with tert-alkyl or cyclic N) is 1. The van der Waals surface area contributed by atoms with Crippen LogP contribution < -0.4 is 15.0 Å². The Morgan fingerprint density at radius 3 is 2.73 bits per heavy atom. The van der Waals surface area contributed by atoms with Crippen molar-refractivity contribution in [2.24, 2.45) is 0 Å². The summed E-state index contributed by atoms with van der Waals surface area (Å²) in [5, 5.41) is 12.1. The van der Waals surface area contributed by atoms with Crippen LogP contribution in [0, 0.1) is 5.82 Å². The van der Waals surface area contributed by atoms with E-state index < -0.39 is 35.1 Å². The molecule has 0 saturated carbocycles. The van der Waals surface area contributed by atoms with Crippen molar-refractivity contribution in [3.63, 3.8) is 0 Å². The Kier molecular flexibility index (Phi) is 5.06. The molecule has 37 heavy (non-hydrogen) atoms. The number of pyridine rings is 1.